The summed E-state index contributed by atoms with van der Waals surface area (Å²) in [7, 11) is 0. The fraction of sp³-hybridized carbons (Fsp3) is 0.364. The molecule has 1 aliphatic rings. The maximum atomic E-state index is 12.5. The smallest absolute Gasteiger partial charge is 0.416 e. The van der Waals surface area contributed by atoms with Gasteiger partial charge in [0.25, 0.3) is 0 Å². The van der Waals surface area contributed by atoms with Crippen molar-refractivity contribution in [2.75, 3.05) is 6.61 Å². The predicted octanol–water partition coefficient (Wildman–Crippen LogP) is 3.30. The summed E-state index contributed by atoms with van der Waals surface area (Å²) in [6.07, 6.45) is -4.50. The quantitative estimate of drug-likeness (QED) is 0.858. The zero-order chi connectivity index (χ0) is 12.5. The molecule has 2 rings (SSSR count). The number of nitrogens with one attached hydrogen (secondary N) is 1. The molecule has 1 aliphatic heterocycles. The molecule has 1 saturated heterocycles. The molecule has 7 heteroatoms. The molecule has 0 spiro atoms. The lowest BCUT2D eigenvalue weighted by Crippen LogP contribution is -2.35. The predicted molar refractivity (Wildman–Crippen MR) is 60.5 cm³/mol. The summed E-state index contributed by atoms with van der Waals surface area (Å²) in [5.41, 5.74) is -0.271. The van der Waals surface area contributed by atoms with Crippen LogP contribution in [-0.2, 0) is 10.9 Å². The van der Waals surface area contributed by atoms with E-state index in [9.17, 15) is 18.0 Å². The lowest BCUT2D eigenvalue weighted by atomic mass is 10.0. The first kappa shape index (κ1) is 14.6. The molecule has 1 N–H and O–H groups in total. The standard InChI is InChI=1S/C11H10F3NO2.ClH/c12-11(13,14)8-3-1-2-7(6-8)9-4-5-17-10(16)15-9;/h1-3,6,9H,4-5H2,(H,15,16);1H/t9-;/m1./s1. The van der Waals surface area contributed by atoms with E-state index >= 15 is 0 Å². The monoisotopic (exact) mass is 281 g/mol. The number of halogens is 4. The van der Waals surface area contributed by atoms with Crippen LogP contribution >= 0.6 is 12.4 Å². The first-order chi connectivity index (χ1) is 7.97. The van der Waals surface area contributed by atoms with Crippen LogP contribution in [0.4, 0.5) is 18.0 Å². The van der Waals surface area contributed by atoms with E-state index in [2.05, 4.69) is 10.1 Å². The van der Waals surface area contributed by atoms with Crippen LogP contribution in [0, 0.1) is 0 Å². The fourth-order valence-electron chi connectivity index (χ4n) is 1.71. The number of rotatable bonds is 1. The van der Waals surface area contributed by atoms with Crippen molar-refractivity contribution in [2.45, 2.75) is 18.6 Å². The Morgan fingerprint density at radius 2 is 2.06 bits per heavy atom. The van der Waals surface area contributed by atoms with Crippen LogP contribution in [0.1, 0.15) is 23.6 Å². The van der Waals surface area contributed by atoms with E-state index in [0.717, 1.165) is 12.1 Å². The van der Waals surface area contributed by atoms with Crippen LogP contribution in [-0.4, -0.2) is 12.7 Å². The summed E-state index contributed by atoms with van der Waals surface area (Å²) in [4.78, 5) is 11.0. The van der Waals surface area contributed by atoms with E-state index in [4.69, 9.17) is 0 Å². The summed E-state index contributed by atoms with van der Waals surface area (Å²) in [5, 5.41) is 2.48. The Labute approximate surface area is 108 Å². The van der Waals surface area contributed by atoms with E-state index < -0.39 is 23.9 Å². The highest BCUT2D eigenvalue weighted by Gasteiger charge is 2.31. The van der Waals surface area contributed by atoms with Gasteiger partial charge in [-0.2, -0.15) is 13.2 Å². The van der Waals surface area contributed by atoms with Crippen molar-refractivity contribution in [2.24, 2.45) is 0 Å². The van der Waals surface area contributed by atoms with Gasteiger partial charge in [-0.3, -0.25) is 0 Å². The third kappa shape index (κ3) is 3.29. The number of alkyl halides is 3. The van der Waals surface area contributed by atoms with E-state index in [1.165, 1.54) is 6.07 Å². The van der Waals surface area contributed by atoms with Crippen LogP contribution in [0.5, 0.6) is 0 Å². The summed E-state index contributed by atoms with van der Waals surface area (Å²) >= 11 is 0. The summed E-state index contributed by atoms with van der Waals surface area (Å²) < 4.78 is 42.2. The number of cyclic esters (lactones) is 1. The summed E-state index contributed by atoms with van der Waals surface area (Å²) in [5.74, 6) is 0. The third-order valence-corrected chi connectivity index (χ3v) is 2.55. The summed E-state index contributed by atoms with van der Waals surface area (Å²) in [6.45, 7) is 0.215. The molecule has 1 aromatic carbocycles. The number of amides is 1. The van der Waals surface area contributed by atoms with Crippen molar-refractivity contribution in [3.8, 4) is 0 Å². The highest BCUT2D eigenvalue weighted by Crippen LogP contribution is 2.31. The van der Waals surface area contributed by atoms with Gasteiger partial charge < -0.3 is 10.1 Å². The molecule has 1 heterocycles. The molecule has 18 heavy (non-hydrogen) atoms. The molecule has 0 saturated carbocycles. The first-order valence-electron chi connectivity index (χ1n) is 5.07. The number of hydrogen-bond acceptors (Lipinski definition) is 2. The Morgan fingerprint density at radius 1 is 1.33 bits per heavy atom. The molecular weight excluding hydrogens is 271 g/mol. The van der Waals surface area contributed by atoms with Gasteiger partial charge in [-0.25, -0.2) is 4.79 Å². The molecule has 3 nitrogen and oxygen atoms in total. The number of carbonyl (C=O) groups excluding carboxylic acids is 1. The van der Waals surface area contributed by atoms with Crippen LogP contribution in [0.25, 0.3) is 0 Å². The van der Waals surface area contributed by atoms with Crippen LogP contribution in [0.2, 0.25) is 0 Å². The first-order valence-corrected chi connectivity index (χ1v) is 5.07. The Bertz CT molecular complexity index is 437. The minimum Gasteiger partial charge on any atom is -0.449 e. The average Bonchev–Trinajstić information content (AvgIpc) is 2.28. The molecule has 0 radical (unpaired) electrons. The third-order valence-electron chi connectivity index (χ3n) is 2.55. The molecule has 0 bridgehead atoms. The average molecular weight is 282 g/mol. The Hall–Kier alpha value is -1.43. The normalized spacial score (nSPS) is 19.5. The molecule has 1 fully saturated rings. The Kier molecular flexibility index (Phi) is 4.45. The van der Waals surface area contributed by atoms with E-state index in [1.54, 1.807) is 6.07 Å². The Morgan fingerprint density at radius 3 is 2.67 bits per heavy atom. The second-order valence-electron chi connectivity index (χ2n) is 3.74. The maximum Gasteiger partial charge on any atom is 0.416 e. The van der Waals surface area contributed by atoms with Gasteiger partial charge in [0.1, 0.15) is 0 Å². The van der Waals surface area contributed by atoms with Gasteiger partial charge in [0, 0.05) is 6.42 Å². The van der Waals surface area contributed by atoms with E-state index in [1.807, 2.05) is 0 Å². The lowest BCUT2D eigenvalue weighted by Gasteiger charge is -2.24. The lowest BCUT2D eigenvalue weighted by molar-refractivity contribution is -0.137. The van der Waals surface area contributed by atoms with Crippen LogP contribution in [0.3, 0.4) is 0 Å². The molecule has 0 aromatic heterocycles. The molecule has 0 aliphatic carbocycles. The number of carbonyl (C=O) groups is 1. The van der Waals surface area contributed by atoms with Gasteiger partial charge in [0.05, 0.1) is 18.2 Å². The maximum absolute atomic E-state index is 12.5. The van der Waals surface area contributed by atoms with Gasteiger partial charge >= 0.3 is 12.3 Å². The van der Waals surface area contributed by atoms with Crippen LogP contribution in [0.15, 0.2) is 24.3 Å². The zero-order valence-corrected chi connectivity index (χ0v) is 9.98. The van der Waals surface area contributed by atoms with Gasteiger partial charge in [0.2, 0.25) is 0 Å². The van der Waals surface area contributed by atoms with Crippen molar-refractivity contribution < 1.29 is 22.7 Å². The topological polar surface area (TPSA) is 38.3 Å². The number of benzene rings is 1. The highest BCUT2D eigenvalue weighted by molar-refractivity contribution is 5.85. The second kappa shape index (κ2) is 5.48. The number of ether oxygens (including phenoxy) is 1. The molecular formula is C11H11ClF3NO2. The SMILES string of the molecule is Cl.O=C1N[C@@H](c2cccc(C(F)(F)F)c2)CCO1. The van der Waals surface area contributed by atoms with Gasteiger partial charge in [-0.05, 0) is 17.7 Å². The molecule has 1 amide bonds. The zero-order valence-electron chi connectivity index (χ0n) is 9.16. The van der Waals surface area contributed by atoms with Gasteiger partial charge in [0.15, 0.2) is 0 Å². The summed E-state index contributed by atoms with van der Waals surface area (Å²) in [6, 6.07) is 4.53. The number of alkyl carbamates (subject to hydrolysis) is 1. The van der Waals surface area contributed by atoms with Crippen molar-refractivity contribution in [3.05, 3.63) is 35.4 Å². The largest absolute Gasteiger partial charge is 0.449 e. The molecule has 100 valence electrons. The Balaban J connectivity index is 0.00000162. The van der Waals surface area contributed by atoms with Crippen molar-refractivity contribution >= 4 is 18.5 Å². The van der Waals surface area contributed by atoms with E-state index in [0.29, 0.717) is 12.0 Å². The molecule has 0 unspecified atom stereocenters. The minimum atomic E-state index is -4.37. The van der Waals surface area contributed by atoms with Gasteiger partial charge in [-0.15, -0.1) is 12.4 Å². The fourth-order valence-corrected chi connectivity index (χ4v) is 1.71. The second-order valence-corrected chi connectivity index (χ2v) is 3.74. The molecule has 1 aromatic rings. The van der Waals surface area contributed by atoms with Crippen molar-refractivity contribution in [1.82, 2.24) is 5.32 Å². The van der Waals surface area contributed by atoms with E-state index in [-0.39, 0.29) is 19.0 Å². The minimum absolute atomic E-state index is 0. The van der Waals surface area contributed by atoms with Gasteiger partial charge in [-0.1, -0.05) is 12.1 Å². The van der Waals surface area contributed by atoms with Crippen molar-refractivity contribution in [1.29, 1.82) is 0 Å². The molecule has 1 atom stereocenters. The van der Waals surface area contributed by atoms with Crippen molar-refractivity contribution in [3.63, 3.8) is 0 Å². The van der Waals surface area contributed by atoms with Crippen LogP contribution < -0.4 is 5.32 Å². The number of hydrogen-bond donors (Lipinski definition) is 1. The highest BCUT2D eigenvalue weighted by atomic mass is 35.5.